The van der Waals surface area contributed by atoms with Gasteiger partial charge < -0.3 is 5.32 Å². The maximum Gasteiger partial charge on any atom is 0.254 e. The van der Waals surface area contributed by atoms with E-state index in [0.29, 0.717) is 0 Å². The summed E-state index contributed by atoms with van der Waals surface area (Å²) in [5.74, 6) is -0.984. The normalized spacial score (nSPS) is 12.0. The van der Waals surface area contributed by atoms with Gasteiger partial charge in [-0.25, -0.2) is 4.39 Å². The van der Waals surface area contributed by atoms with Crippen molar-refractivity contribution in [1.82, 2.24) is 5.32 Å². The van der Waals surface area contributed by atoms with Crippen LogP contribution in [0.25, 0.3) is 0 Å². The minimum atomic E-state index is -0.550. The molecule has 2 aromatic rings. The number of amides is 1. The fraction of sp³-hybridized carbons (Fsp3) is 0.133. The standard InChI is InChI=1S/C15H12Br2FNO/c1-9(10-4-2-5-11(16)8-10)19-15(20)12-6-3-7-13(17)14(12)18/h2-9H,1H3,(H,19,20). The van der Waals surface area contributed by atoms with Crippen molar-refractivity contribution >= 4 is 37.8 Å². The maximum atomic E-state index is 13.9. The van der Waals surface area contributed by atoms with Crippen LogP contribution in [0.4, 0.5) is 4.39 Å². The molecule has 5 heteroatoms. The van der Waals surface area contributed by atoms with Crippen LogP contribution in [-0.2, 0) is 0 Å². The molecule has 2 aromatic carbocycles. The fourth-order valence-electron chi connectivity index (χ4n) is 1.81. The van der Waals surface area contributed by atoms with Crippen molar-refractivity contribution in [3.63, 3.8) is 0 Å². The van der Waals surface area contributed by atoms with Gasteiger partial charge in [-0.1, -0.05) is 34.1 Å². The lowest BCUT2D eigenvalue weighted by Gasteiger charge is -2.15. The Morgan fingerprint density at radius 1 is 1.20 bits per heavy atom. The van der Waals surface area contributed by atoms with Gasteiger partial charge >= 0.3 is 0 Å². The highest BCUT2D eigenvalue weighted by molar-refractivity contribution is 9.10. The Balaban J connectivity index is 2.17. The summed E-state index contributed by atoms with van der Waals surface area (Å²) in [6.45, 7) is 1.86. The SMILES string of the molecule is CC(NC(=O)c1cccc(Br)c1F)c1cccc(Br)c1. The third kappa shape index (κ3) is 3.46. The number of hydrogen-bond donors (Lipinski definition) is 1. The van der Waals surface area contributed by atoms with E-state index in [0.717, 1.165) is 10.0 Å². The molecule has 1 amide bonds. The van der Waals surface area contributed by atoms with Crippen LogP contribution in [-0.4, -0.2) is 5.91 Å². The molecule has 0 radical (unpaired) electrons. The van der Waals surface area contributed by atoms with Crippen LogP contribution < -0.4 is 5.32 Å². The van der Waals surface area contributed by atoms with Crippen LogP contribution in [0.3, 0.4) is 0 Å². The van der Waals surface area contributed by atoms with Crippen LogP contribution in [0.15, 0.2) is 51.4 Å². The van der Waals surface area contributed by atoms with Gasteiger partial charge in [0.1, 0.15) is 5.82 Å². The van der Waals surface area contributed by atoms with Crippen molar-refractivity contribution < 1.29 is 9.18 Å². The van der Waals surface area contributed by atoms with E-state index in [1.807, 2.05) is 31.2 Å². The molecule has 1 atom stereocenters. The Kier molecular flexibility index (Phi) is 4.94. The van der Waals surface area contributed by atoms with E-state index in [1.54, 1.807) is 12.1 Å². The van der Waals surface area contributed by atoms with E-state index < -0.39 is 11.7 Å². The highest BCUT2D eigenvalue weighted by Gasteiger charge is 2.16. The van der Waals surface area contributed by atoms with E-state index in [4.69, 9.17) is 0 Å². The lowest BCUT2D eigenvalue weighted by atomic mass is 10.1. The third-order valence-corrected chi connectivity index (χ3v) is 4.00. The molecule has 1 N–H and O–H groups in total. The van der Waals surface area contributed by atoms with Gasteiger partial charge in [-0.05, 0) is 52.7 Å². The van der Waals surface area contributed by atoms with Crippen molar-refractivity contribution in [2.24, 2.45) is 0 Å². The molecular formula is C15H12Br2FNO. The maximum absolute atomic E-state index is 13.9. The average Bonchev–Trinajstić information content (AvgIpc) is 2.41. The predicted octanol–water partition coefficient (Wildman–Crippen LogP) is 4.84. The van der Waals surface area contributed by atoms with E-state index in [1.165, 1.54) is 6.07 Å². The molecule has 2 nitrogen and oxygen atoms in total. The molecular weight excluding hydrogens is 389 g/mol. The summed E-state index contributed by atoms with van der Waals surface area (Å²) in [4.78, 5) is 12.1. The summed E-state index contributed by atoms with van der Waals surface area (Å²) in [6, 6.07) is 12.1. The molecule has 0 aliphatic rings. The first kappa shape index (κ1) is 15.2. The summed E-state index contributed by atoms with van der Waals surface area (Å²) in [5.41, 5.74) is 0.976. The number of nitrogens with one attached hydrogen (secondary N) is 1. The Bertz CT molecular complexity index is 646. The number of carbonyl (C=O) groups is 1. The van der Waals surface area contributed by atoms with Crippen LogP contribution in [0, 0.1) is 5.82 Å². The smallest absolute Gasteiger partial charge is 0.254 e. The van der Waals surface area contributed by atoms with Crippen LogP contribution in [0.2, 0.25) is 0 Å². The molecule has 1 unspecified atom stereocenters. The third-order valence-electron chi connectivity index (χ3n) is 2.89. The van der Waals surface area contributed by atoms with Gasteiger partial charge in [0.25, 0.3) is 5.91 Å². The summed E-state index contributed by atoms with van der Waals surface area (Å²) in [6.07, 6.45) is 0. The molecule has 0 bridgehead atoms. The molecule has 0 fully saturated rings. The molecule has 0 heterocycles. The Morgan fingerprint density at radius 3 is 2.60 bits per heavy atom. The molecule has 0 saturated heterocycles. The second-order valence-corrected chi connectivity index (χ2v) is 6.12. The first-order valence-electron chi connectivity index (χ1n) is 5.99. The van der Waals surface area contributed by atoms with Crippen molar-refractivity contribution in [3.05, 3.63) is 68.4 Å². The lowest BCUT2D eigenvalue weighted by molar-refractivity contribution is 0.0935. The van der Waals surface area contributed by atoms with Gasteiger partial charge in [-0.15, -0.1) is 0 Å². The van der Waals surface area contributed by atoms with Gasteiger partial charge in [0.15, 0.2) is 0 Å². The molecule has 0 spiro atoms. The van der Waals surface area contributed by atoms with Gasteiger partial charge in [-0.3, -0.25) is 4.79 Å². The number of rotatable bonds is 3. The second kappa shape index (κ2) is 6.50. The Morgan fingerprint density at radius 2 is 1.90 bits per heavy atom. The quantitative estimate of drug-likeness (QED) is 0.784. The van der Waals surface area contributed by atoms with Crippen LogP contribution >= 0.6 is 31.9 Å². The molecule has 104 valence electrons. The van der Waals surface area contributed by atoms with E-state index in [-0.39, 0.29) is 16.1 Å². The largest absolute Gasteiger partial charge is 0.345 e. The minimum Gasteiger partial charge on any atom is -0.345 e. The minimum absolute atomic E-state index is 0.0289. The molecule has 2 rings (SSSR count). The van der Waals surface area contributed by atoms with Gasteiger partial charge in [-0.2, -0.15) is 0 Å². The highest BCUT2D eigenvalue weighted by atomic mass is 79.9. The van der Waals surface area contributed by atoms with Gasteiger partial charge in [0.2, 0.25) is 0 Å². The van der Waals surface area contributed by atoms with E-state index in [9.17, 15) is 9.18 Å². The Hall–Kier alpha value is -1.20. The summed E-state index contributed by atoms with van der Waals surface area (Å²) < 4.78 is 15.1. The van der Waals surface area contributed by atoms with E-state index in [2.05, 4.69) is 37.2 Å². The fourth-order valence-corrected chi connectivity index (χ4v) is 2.60. The van der Waals surface area contributed by atoms with Crippen molar-refractivity contribution in [2.45, 2.75) is 13.0 Å². The lowest BCUT2D eigenvalue weighted by Crippen LogP contribution is -2.27. The zero-order valence-electron chi connectivity index (χ0n) is 10.7. The first-order valence-corrected chi connectivity index (χ1v) is 7.58. The first-order chi connectivity index (χ1) is 9.49. The van der Waals surface area contributed by atoms with Crippen molar-refractivity contribution in [2.75, 3.05) is 0 Å². The number of benzene rings is 2. The number of hydrogen-bond acceptors (Lipinski definition) is 1. The van der Waals surface area contributed by atoms with Crippen LogP contribution in [0.1, 0.15) is 28.9 Å². The summed E-state index contributed by atoms with van der Waals surface area (Å²) in [5, 5.41) is 2.79. The van der Waals surface area contributed by atoms with Gasteiger partial charge in [0.05, 0.1) is 16.1 Å². The topological polar surface area (TPSA) is 29.1 Å². The Labute approximate surface area is 133 Å². The monoisotopic (exact) mass is 399 g/mol. The average molecular weight is 401 g/mol. The predicted molar refractivity (Wildman–Crippen MR) is 84.1 cm³/mol. The number of halogens is 3. The van der Waals surface area contributed by atoms with Crippen molar-refractivity contribution in [1.29, 1.82) is 0 Å². The molecule has 0 saturated carbocycles. The number of carbonyl (C=O) groups excluding carboxylic acids is 1. The zero-order chi connectivity index (χ0) is 14.7. The highest BCUT2D eigenvalue weighted by Crippen LogP contribution is 2.21. The zero-order valence-corrected chi connectivity index (χ0v) is 13.8. The van der Waals surface area contributed by atoms with E-state index >= 15 is 0 Å². The van der Waals surface area contributed by atoms with Crippen molar-refractivity contribution in [3.8, 4) is 0 Å². The molecule has 0 aromatic heterocycles. The van der Waals surface area contributed by atoms with Gasteiger partial charge in [0, 0.05) is 4.47 Å². The molecule has 20 heavy (non-hydrogen) atoms. The molecule has 0 aliphatic heterocycles. The second-order valence-electron chi connectivity index (χ2n) is 4.35. The summed E-state index contributed by atoms with van der Waals surface area (Å²) >= 11 is 6.46. The molecule has 0 aliphatic carbocycles. The summed E-state index contributed by atoms with van der Waals surface area (Å²) in [7, 11) is 0. The van der Waals surface area contributed by atoms with Crippen LogP contribution in [0.5, 0.6) is 0 Å².